The fourth-order valence-corrected chi connectivity index (χ4v) is 17.1. The molecule has 0 aliphatic heterocycles. The Morgan fingerprint density at radius 1 is 0.467 bits per heavy atom. The summed E-state index contributed by atoms with van der Waals surface area (Å²) < 4.78 is 44.4. The standard InChI is InChI=1S/C36H44B.C18H24F3OP/c1-21-13-25(5)33(26(6)14-21)37(34-27(7)15-22(2)16-28(34)8,35-29(9)17-23(3)18-30(35)10)36-31(11)19-24(4)20-32(36)12;1-22-16-12-13(18(19,20)21)10-11-17(16)23(14-6-2-3-7-14)15-8-4-5-9-15/h13-20H,1-12H3;10-12,14-15H,2-9H2,1H3/q-1;/p+1. The highest BCUT2D eigenvalue weighted by molar-refractivity contribution is 7.67. The predicted octanol–water partition coefficient (Wildman–Crippen LogP) is 12.2. The maximum atomic E-state index is 13.0. The molecule has 5 aromatic carbocycles. The van der Waals surface area contributed by atoms with Gasteiger partial charge in [0, 0.05) is 7.92 Å². The van der Waals surface area contributed by atoms with Crippen LogP contribution in [0.1, 0.15) is 124 Å². The molecule has 60 heavy (non-hydrogen) atoms. The van der Waals surface area contributed by atoms with Crippen molar-refractivity contribution in [1.82, 2.24) is 0 Å². The first-order chi connectivity index (χ1) is 28.3. The summed E-state index contributed by atoms with van der Waals surface area (Å²) in [4.78, 5) is 0. The van der Waals surface area contributed by atoms with Crippen LogP contribution in [0.4, 0.5) is 13.2 Å². The predicted molar refractivity (Wildman–Crippen MR) is 257 cm³/mol. The lowest BCUT2D eigenvalue weighted by atomic mass is 9.10. The molecule has 0 atom stereocenters. The van der Waals surface area contributed by atoms with Crippen LogP contribution < -0.4 is 31.9 Å². The molecule has 0 saturated heterocycles. The van der Waals surface area contributed by atoms with Gasteiger partial charge in [-0.25, -0.2) is 0 Å². The third kappa shape index (κ3) is 8.91. The van der Waals surface area contributed by atoms with Crippen molar-refractivity contribution in [1.29, 1.82) is 0 Å². The molecule has 0 radical (unpaired) electrons. The van der Waals surface area contributed by atoms with E-state index in [1.165, 1.54) is 159 Å². The van der Waals surface area contributed by atoms with Crippen LogP contribution >= 0.6 is 7.92 Å². The highest BCUT2D eigenvalue weighted by Crippen LogP contribution is 2.57. The Morgan fingerprint density at radius 2 is 0.750 bits per heavy atom. The molecule has 320 valence electrons. The molecule has 0 heterocycles. The number of methoxy groups -OCH3 is 1. The topological polar surface area (TPSA) is 9.23 Å². The third-order valence-electron chi connectivity index (χ3n) is 14.1. The zero-order valence-corrected chi connectivity index (χ0v) is 39.8. The van der Waals surface area contributed by atoms with Gasteiger partial charge in [0.05, 0.1) is 24.0 Å². The fourth-order valence-electron chi connectivity index (χ4n) is 12.7. The summed E-state index contributed by atoms with van der Waals surface area (Å²) in [6.07, 6.45) is 4.29. The number of benzene rings is 5. The quantitative estimate of drug-likeness (QED) is 0.112. The van der Waals surface area contributed by atoms with Crippen LogP contribution in [-0.4, -0.2) is 24.6 Å². The van der Waals surface area contributed by atoms with Gasteiger partial charge in [0.15, 0.2) is 5.75 Å². The minimum atomic E-state index is -4.31. The van der Waals surface area contributed by atoms with Crippen LogP contribution in [0.25, 0.3) is 0 Å². The van der Waals surface area contributed by atoms with Crippen LogP contribution in [0.2, 0.25) is 0 Å². The molecular weight excluding hydrogens is 763 g/mol. The minimum absolute atomic E-state index is 0.465. The van der Waals surface area contributed by atoms with E-state index in [0.717, 1.165) is 5.30 Å². The number of alkyl halides is 3. The Bertz CT molecular complexity index is 2020. The minimum Gasteiger partial charge on any atom is -0.493 e. The van der Waals surface area contributed by atoms with Crippen LogP contribution in [0.5, 0.6) is 5.75 Å². The van der Waals surface area contributed by atoms with E-state index in [1.54, 1.807) is 6.07 Å². The zero-order valence-electron chi connectivity index (χ0n) is 38.8. The van der Waals surface area contributed by atoms with E-state index < -0.39 is 25.8 Å². The van der Waals surface area contributed by atoms with Gasteiger partial charge in [-0.05, 0) is 153 Å². The molecule has 0 unspecified atom stereocenters. The molecule has 0 aromatic heterocycles. The van der Waals surface area contributed by atoms with Crippen molar-refractivity contribution >= 4 is 41.2 Å². The molecule has 6 heteroatoms. The average molecular weight is 833 g/mol. The number of ether oxygens (including phenoxy) is 1. The van der Waals surface area contributed by atoms with E-state index in [2.05, 4.69) is 132 Å². The molecule has 2 aliphatic carbocycles. The number of halogens is 3. The van der Waals surface area contributed by atoms with Crippen molar-refractivity contribution in [3.8, 4) is 5.75 Å². The van der Waals surface area contributed by atoms with Crippen LogP contribution in [-0.2, 0) is 6.18 Å². The molecular formula is C54H69BF3OP. The molecule has 5 aromatic rings. The smallest absolute Gasteiger partial charge is 0.416 e. The van der Waals surface area contributed by atoms with Gasteiger partial charge in [-0.15, -0.1) is 0 Å². The highest BCUT2D eigenvalue weighted by atomic mass is 31.1. The lowest BCUT2D eigenvalue weighted by Gasteiger charge is -2.51. The molecule has 7 rings (SSSR count). The highest BCUT2D eigenvalue weighted by Gasteiger charge is 2.44. The second-order valence-electron chi connectivity index (χ2n) is 18.9. The van der Waals surface area contributed by atoms with Gasteiger partial charge >= 0.3 is 6.18 Å². The first-order valence-corrected chi connectivity index (χ1v) is 24.1. The van der Waals surface area contributed by atoms with E-state index >= 15 is 0 Å². The van der Waals surface area contributed by atoms with E-state index in [1.807, 2.05) is 0 Å². The van der Waals surface area contributed by atoms with Crippen LogP contribution in [0, 0.1) is 83.1 Å². The second kappa shape index (κ2) is 18.3. The Balaban J connectivity index is 0.000000224. The lowest BCUT2D eigenvalue weighted by molar-refractivity contribution is -0.137. The summed E-state index contributed by atoms with van der Waals surface area (Å²) in [6, 6.07) is 23.4. The molecule has 0 bridgehead atoms. The molecule has 0 N–H and O–H groups in total. The van der Waals surface area contributed by atoms with Gasteiger partial charge in [-0.1, -0.05) is 115 Å². The van der Waals surface area contributed by atoms with Gasteiger partial charge in [-0.3, -0.25) is 0 Å². The largest absolute Gasteiger partial charge is 0.493 e. The average Bonchev–Trinajstić information content (AvgIpc) is 3.86. The van der Waals surface area contributed by atoms with Crippen molar-refractivity contribution in [3.05, 3.63) is 139 Å². The zero-order chi connectivity index (χ0) is 43.8. The molecule has 2 fully saturated rings. The molecule has 1 nitrogen and oxygen atoms in total. The fraction of sp³-hybridized carbons (Fsp3) is 0.444. The number of aryl methyl sites for hydroxylation is 12. The summed E-state index contributed by atoms with van der Waals surface area (Å²) in [7, 11) is 0.629. The number of hydrogen-bond acceptors (Lipinski definition) is 1. The Labute approximate surface area is 361 Å². The van der Waals surface area contributed by atoms with Crippen molar-refractivity contribution in [2.45, 2.75) is 152 Å². The number of rotatable bonds is 8. The van der Waals surface area contributed by atoms with Gasteiger partial charge in [0.1, 0.15) is 11.5 Å². The Morgan fingerprint density at radius 3 is 1.00 bits per heavy atom. The number of hydrogen-bond donors (Lipinski definition) is 0. The first kappa shape index (κ1) is 45.7. The maximum Gasteiger partial charge on any atom is 0.416 e. The normalized spacial score (nSPS) is 15.2. The maximum absolute atomic E-state index is 13.0. The summed E-state index contributed by atoms with van der Waals surface area (Å²) in [5, 5.41) is 1.10. The monoisotopic (exact) mass is 833 g/mol. The lowest BCUT2D eigenvalue weighted by Crippen LogP contribution is -2.78. The molecule has 0 amide bonds. The summed E-state index contributed by atoms with van der Waals surface area (Å²) in [5.41, 5.74) is 23.2. The van der Waals surface area contributed by atoms with Gasteiger partial charge in [0.2, 0.25) is 0 Å². The van der Waals surface area contributed by atoms with Gasteiger partial charge in [-0.2, -0.15) is 35.0 Å². The molecule has 2 saturated carbocycles. The van der Waals surface area contributed by atoms with E-state index in [9.17, 15) is 13.2 Å². The second-order valence-corrected chi connectivity index (χ2v) is 22.0. The van der Waals surface area contributed by atoms with Gasteiger partial charge < -0.3 is 4.74 Å². The van der Waals surface area contributed by atoms with Crippen molar-refractivity contribution < 1.29 is 17.9 Å². The summed E-state index contributed by atoms with van der Waals surface area (Å²) in [5.74, 6) is 0.465. The summed E-state index contributed by atoms with van der Waals surface area (Å²) >= 11 is 0. The Hall–Kier alpha value is -3.82. The van der Waals surface area contributed by atoms with Crippen molar-refractivity contribution in [3.63, 3.8) is 0 Å². The van der Waals surface area contributed by atoms with Crippen molar-refractivity contribution in [2.24, 2.45) is 0 Å². The SMILES string of the molecule is COc1cc(C(F)(F)F)ccc1[PH+](C1CCCC1)C1CCCC1.Cc1cc(C)c([B-](c2c(C)cc(C)cc2C)(c2c(C)cc(C)cc2C)c2c(C)cc(C)cc2C)c(C)c1. The Kier molecular flexibility index (Phi) is 13.9. The van der Waals surface area contributed by atoms with E-state index in [0.29, 0.717) is 17.1 Å². The van der Waals surface area contributed by atoms with Crippen LogP contribution in [0.15, 0.2) is 66.7 Å². The van der Waals surface area contributed by atoms with Crippen LogP contribution in [0.3, 0.4) is 0 Å². The summed E-state index contributed by atoms with van der Waals surface area (Å²) in [6.45, 7) is 27.6. The van der Waals surface area contributed by atoms with Crippen molar-refractivity contribution in [2.75, 3.05) is 7.11 Å². The molecule has 2 aliphatic rings. The van der Waals surface area contributed by atoms with E-state index in [4.69, 9.17) is 4.74 Å². The van der Waals surface area contributed by atoms with E-state index in [-0.39, 0.29) is 0 Å². The van der Waals surface area contributed by atoms with Gasteiger partial charge in [0.25, 0.3) is 0 Å². The first-order valence-electron chi connectivity index (χ1n) is 22.4. The third-order valence-corrected chi connectivity index (χ3v) is 18.1. The molecule has 0 spiro atoms.